The van der Waals surface area contributed by atoms with E-state index in [0.717, 1.165) is 49.5 Å². The average molecular weight is 878 g/mol. The van der Waals surface area contributed by atoms with E-state index in [1.54, 1.807) is 0 Å². The standard InChI is InChI=1S/C64H39N5/c1-2-20-41(21-3-1)64(53-33-12-8-26-46(53)47-27-9-13-34-54(47)64)42-22-16-19-40(39-42)43-23-4-7-30-52(43)61-65-62(68-55-35-14-10-28-48(55)49-29-11-15-36-56(49)68)67-63(66-61)69-57-37-17-31-50-44-24-5-6-25-45(44)51-32-18-38-58(69)60(51)59(50)57/h1-39H. The molecule has 0 amide bonds. The molecule has 0 atom stereocenters. The van der Waals surface area contributed by atoms with E-state index in [4.69, 9.17) is 15.0 Å². The fourth-order valence-corrected chi connectivity index (χ4v) is 12.1. The first kappa shape index (κ1) is 38.0. The normalized spacial score (nSPS) is 13.0. The molecule has 0 radical (unpaired) electrons. The van der Waals surface area contributed by atoms with E-state index in [9.17, 15) is 0 Å². The summed E-state index contributed by atoms with van der Waals surface area (Å²) in [5.74, 6) is 1.70. The number of hydrogen-bond donors (Lipinski definition) is 0. The molecule has 69 heavy (non-hydrogen) atoms. The maximum Gasteiger partial charge on any atom is 0.240 e. The quantitative estimate of drug-likeness (QED) is 0.156. The van der Waals surface area contributed by atoms with Crippen LogP contribution in [0.2, 0.25) is 0 Å². The third-order valence-corrected chi connectivity index (χ3v) is 14.8. The van der Waals surface area contributed by atoms with Crippen molar-refractivity contribution in [3.8, 4) is 45.5 Å². The molecule has 0 aliphatic heterocycles. The lowest BCUT2D eigenvalue weighted by molar-refractivity contribution is 0.769. The Morgan fingerprint density at radius 1 is 0.290 bits per heavy atom. The van der Waals surface area contributed by atoms with E-state index in [1.165, 1.54) is 65.7 Å². The minimum absolute atomic E-state index is 0.541. The summed E-state index contributed by atoms with van der Waals surface area (Å²) >= 11 is 0. The van der Waals surface area contributed by atoms with Crippen LogP contribution in [0, 0.1) is 0 Å². The number of rotatable bonds is 6. The zero-order valence-corrected chi connectivity index (χ0v) is 37.3. The lowest BCUT2D eigenvalue weighted by Gasteiger charge is -2.34. The molecule has 0 saturated heterocycles. The van der Waals surface area contributed by atoms with Gasteiger partial charge in [-0.15, -0.1) is 0 Å². The number of nitrogens with zero attached hydrogens (tertiary/aromatic N) is 5. The molecule has 1 aliphatic carbocycles. The predicted molar refractivity (Wildman–Crippen MR) is 283 cm³/mol. The number of hydrogen-bond acceptors (Lipinski definition) is 3. The Labute approximate surface area is 397 Å². The maximum absolute atomic E-state index is 5.58. The molecule has 0 N–H and O–H groups in total. The van der Waals surface area contributed by atoms with Crippen molar-refractivity contribution in [1.29, 1.82) is 0 Å². The molecule has 15 rings (SSSR count). The van der Waals surface area contributed by atoms with Crippen LogP contribution in [0.1, 0.15) is 22.3 Å². The lowest BCUT2D eigenvalue weighted by Crippen LogP contribution is -2.28. The molecule has 3 aromatic heterocycles. The van der Waals surface area contributed by atoms with Gasteiger partial charge >= 0.3 is 0 Å². The summed E-state index contributed by atoms with van der Waals surface area (Å²) < 4.78 is 4.47. The van der Waals surface area contributed by atoms with Gasteiger partial charge in [-0.3, -0.25) is 9.13 Å². The molecule has 0 spiro atoms. The van der Waals surface area contributed by atoms with Crippen molar-refractivity contribution in [2.45, 2.75) is 5.41 Å². The van der Waals surface area contributed by atoms with E-state index >= 15 is 0 Å². The Balaban J connectivity index is 1.01. The monoisotopic (exact) mass is 877 g/mol. The number of fused-ring (bicyclic) bond motifs is 9. The molecule has 0 fully saturated rings. The largest absolute Gasteiger partial charge is 0.278 e. The SMILES string of the molecule is c1ccc(C2(c3cccc(-c4ccccc4-c4nc(-n5c6ccccc6c6ccccc65)nc(-n5c6cccc7c8ccccc8c8cccc5c8c76)n4)c3)c3ccccc3-c3ccccc32)cc1. The Morgan fingerprint density at radius 3 is 1.30 bits per heavy atom. The average Bonchev–Trinajstić information content (AvgIpc) is 4.06. The molecular weight excluding hydrogens is 839 g/mol. The van der Waals surface area contributed by atoms with Gasteiger partial charge in [-0.1, -0.05) is 206 Å². The summed E-state index contributed by atoms with van der Waals surface area (Å²) in [4.78, 5) is 16.6. The summed E-state index contributed by atoms with van der Waals surface area (Å²) in [7, 11) is 0. The summed E-state index contributed by atoms with van der Waals surface area (Å²) in [6, 6.07) is 85.6. The van der Waals surface area contributed by atoms with Gasteiger partial charge in [0.25, 0.3) is 0 Å². The van der Waals surface area contributed by atoms with Gasteiger partial charge in [0.05, 0.1) is 27.5 Å². The van der Waals surface area contributed by atoms with E-state index in [-0.39, 0.29) is 0 Å². The highest BCUT2D eigenvalue weighted by Gasteiger charge is 2.46. The number of benzene rings is 11. The van der Waals surface area contributed by atoms with Crippen LogP contribution in [-0.2, 0) is 5.41 Å². The Kier molecular flexibility index (Phi) is 7.93. The van der Waals surface area contributed by atoms with Crippen molar-refractivity contribution >= 4 is 65.2 Å². The topological polar surface area (TPSA) is 48.5 Å². The molecule has 0 bridgehead atoms. The van der Waals surface area contributed by atoms with Crippen LogP contribution < -0.4 is 0 Å². The van der Waals surface area contributed by atoms with E-state index in [0.29, 0.717) is 17.7 Å². The Bertz CT molecular complexity index is 4200. The minimum Gasteiger partial charge on any atom is -0.278 e. The van der Waals surface area contributed by atoms with E-state index < -0.39 is 5.41 Å². The second-order valence-corrected chi connectivity index (χ2v) is 18.2. The van der Waals surface area contributed by atoms with Gasteiger partial charge in [-0.2, -0.15) is 15.0 Å². The third kappa shape index (κ3) is 5.21. The molecule has 320 valence electrons. The van der Waals surface area contributed by atoms with Crippen molar-refractivity contribution in [1.82, 2.24) is 24.1 Å². The van der Waals surface area contributed by atoms with Gasteiger partial charge in [0.2, 0.25) is 11.9 Å². The first-order valence-electron chi connectivity index (χ1n) is 23.6. The van der Waals surface area contributed by atoms with Crippen LogP contribution in [0.3, 0.4) is 0 Å². The zero-order chi connectivity index (χ0) is 45.2. The molecule has 5 heteroatoms. The van der Waals surface area contributed by atoms with Crippen LogP contribution in [0.5, 0.6) is 0 Å². The molecule has 11 aromatic carbocycles. The van der Waals surface area contributed by atoms with Crippen molar-refractivity contribution < 1.29 is 0 Å². The fraction of sp³-hybridized carbons (Fsp3) is 0.0156. The van der Waals surface area contributed by atoms with Crippen molar-refractivity contribution in [2.75, 3.05) is 0 Å². The third-order valence-electron chi connectivity index (χ3n) is 14.8. The number of para-hydroxylation sites is 2. The second-order valence-electron chi connectivity index (χ2n) is 18.2. The highest BCUT2D eigenvalue weighted by atomic mass is 15.3. The van der Waals surface area contributed by atoms with Crippen LogP contribution in [0.15, 0.2) is 237 Å². The highest BCUT2D eigenvalue weighted by molar-refractivity contribution is 6.34. The Morgan fingerprint density at radius 2 is 0.710 bits per heavy atom. The van der Waals surface area contributed by atoms with Gasteiger partial charge in [0, 0.05) is 27.1 Å². The molecule has 0 saturated carbocycles. The smallest absolute Gasteiger partial charge is 0.240 e. The molecule has 14 aromatic rings. The van der Waals surface area contributed by atoms with Crippen LogP contribution in [0.25, 0.3) is 111 Å². The van der Waals surface area contributed by atoms with Gasteiger partial charge < -0.3 is 0 Å². The fourth-order valence-electron chi connectivity index (χ4n) is 12.1. The first-order chi connectivity index (χ1) is 34.3. The highest BCUT2D eigenvalue weighted by Crippen LogP contribution is 2.56. The van der Waals surface area contributed by atoms with Crippen molar-refractivity contribution in [3.63, 3.8) is 0 Å². The van der Waals surface area contributed by atoms with Gasteiger partial charge in [-0.25, -0.2) is 0 Å². The van der Waals surface area contributed by atoms with Gasteiger partial charge in [0.1, 0.15) is 0 Å². The van der Waals surface area contributed by atoms with Gasteiger partial charge in [0.15, 0.2) is 5.82 Å². The van der Waals surface area contributed by atoms with E-state index in [1.807, 2.05) is 0 Å². The first-order valence-corrected chi connectivity index (χ1v) is 23.6. The molecule has 0 unspecified atom stereocenters. The maximum atomic E-state index is 5.58. The predicted octanol–water partition coefficient (Wildman–Crippen LogP) is 15.5. The summed E-state index contributed by atoms with van der Waals surface area (Å²) in [5.41, 5.74) is 14.2. The van der Waals surface area contributed by atoms with Crippen molar-refractivity contribution in [2.24, 2.45) is 0 Å². The lowest BCUT2D eigenvalue weighted by atomic mass is 9.67. The number of aromatic nitrogens is 5. The van der Waals surface area contributed by atoms with Gasteiger partial charge in [-0.05, 0) is 96.4 Å². The molecule has 5 nitrogen and oxygen atoms in total. The van der Waals surface area contributed by atoms with E-state index in [2.05, 4.69) is 246 Å². The summed E-state index contributed by atoms with van der Waals surface area (Å²) in [5, 5.41) is 9.61. The van der Waals surface area contributed by atoms with Crippen LogP contribution >= 0.6 is 0 Å². The molecule has 1 aliphatic rings. The van der Waals surface area contributed by atoms with Crippen molar-refractivity contribution in [3.05, 3.63) is 259 Å². The molecule has 3 heterocycles. The summed E-state index contributed by atoms with van der Waals surface area (Å²) in [6.07, 6.45) is 0. The summed E-state index contributed by atoms with van der Waals surface area (Å²) in [6.45, 7) is 0. The second kappa shape index (κ2) is 14.4. The van der Waals surface area contributed by atoms with Crippen LogP contribution in [0.4, 0.5) is 0 Å². The zero-order valence-electron chi connectivity index (χ0n) is 37.3. The molecular formula is C64H39N5. The minimum atomic E-state index is -0.541. The van der Waals surface area contributed by atoms with Crippen LogP contribution in [-0.4, -0.2) is 24.1 Å². The Hall–Kier alpha value is -9.19.